The van der Waals surface area contributed by atoms with Gasteiger partial charge in [0, 0.05) is 12.7 Å². The summed E-state index contributed by atoms with van der Waals surface area (Å²) in [5.41, 5.74) is 2.20. The lowest BCUT2D eigenvalue weighted by molar-refractivity contribution is -0.143. The van der Waals surface area contributed by atoms with E-state index in [9.17, 15) is 35.5 Å². The summed E-state index contributed by atoms with van der Waals surface area (Å²) in [6.07, 6.45) is -1.97. The molecule has 31 heavy (non-hydrogen) atoms. The van der Waals surface area contributed by atoms with Crippen LogP contribution in [0, 0.1) is 0 Å². The Hall–Kier alpha value is -2.36. The van der Waals surface area contributed by atoms with E-state index in [1.807, 2.05) is 0 Å². The summed E-state index contributed by atoms with van der Waals surface area (Å²) < 4.78 is 94.7. The van der Waals surface area contributed by atoms with E-state index in [0.717, 1.165) is 25.3 Å². The Balaban J connectivity index is 2.37. The van der Waals surface area contributed by atoms with Gasteiger partial charge in [0.25, 0.3) is 0 Å². The van der Waals surface area contributed by atoms with E-state index < -0.39 is 36.1 Å². The van der Waals surface area contributed by atoms with Crippen molar-refractivity contribution < 1.29 is 40.3 Å². The summed E-state index contributed by atoms with van der Waals surface area (Å²) in [5.74, 6) is -0.725. The number of hydrogen-bond donors (Lipinski definition) is 1. The Morgan fingerprint density at radius 1 is 0.935 bits per heavy atom. The van der Waals surface area contributed by atoms with Crippen LogP contribution in [0.4, 0.5) is 30.7 Å². The Morgan fingerprint density at radius 3 is 2.03 bits per heavy atom. The fourth-order valence-electron chi connectivity index (χ4n) is 2.66. The highest BCUT2D eigenvalue weighted by Gasteiger charge is 2.36. The molecule has 0 unspecified atom stereocenters. The molecule has 0 heterocycles. The fourth-order valence-corrected chi connectivity index (χ4v) is 2.66. The van der Waals surface area contributed by atoms with Gasteiger partial charge in [-0.3, -0.25) is 4.79 Å². The molecule has 0 aliphatic rings. The molecule has 0 atom stereocenters. The van der Waals surface area contributed by atoms with Crippen molar-refractivity contribution in [3.63, 3.8) is 0 Å². The first-order chi connectivity index (χ1) is 14.4. The van der Waals surface area contributed by atoms with Crippen LogP contribution >= 0.6 is 0 Å². The van der Waals surface area contributed by atoms with Gasteiger partial charge in [-0.1, -0.05) is 25.0 Å². The van der Waals surface area contributed by atoms with Crippen molar-refractivity contribution in [1.29, 1.82) is 0 Å². The lowest BCUT2D eigenvalue weighted by Crippen LogP contribution is -2.12. The van der Waals surface area contributed by atoms with E-state index in [0.29, 0.717) is 25.0 Å². The molecule has 0 spiro atoms. The van der Waals surface area contributed by atoms with Crippen molar-refractivity contribution in [2.24, 2.45) is 5.73 Å². The molecule has 0 saturated carbocycles. The number of primary amides is 1. The lowest BCUT2D eigenvalue weighted by Gasteiger charge is -2.14. The normalized spacial score (nSPS) is 13.2. The number of hydrogen-bond acceptors (Lipinski definition) is 2. The summed E-state index contributed by atoms with van der Waals surface area (Å²) >= 11 is 0. The average Bonchev–Trinajstić information content (AvgIpc) is 2.66. The molecule has 2 N–H and O–H groups in total. The van der Waals surface area contributed by atoms with Crippen LogP contribution in [-0.2, 0) is 28.5 Å². The number of unbranched alkanes of at least 4 members (excludes halogenated alkanes) is 4. The van der Waals surface area contributed by atoms with Gasteiger partial charge in [0.05, 0.1) is 17.7 Å². The number of carbonyl (C=O) groups is 1. The van der Waals surface area contributed by atoms with Gasteiger partial charge in [-0.2, -0.15) is 26.3 Å². The van der Waals surface area contributed by atoms with Crippen LogP contribution < -0.4 is 5.73 Å². The van der Waals surface area contributed by atoms with Gasteiger partial charge in [0.1, 0.15) is 6.67 Å². The number of alkyl halides is 7. The third kappa shape index (κ3) is 11.0. The maximum absolute atomic E-state index is 12.8. The summed E-state index contributed by atoms with van der Waals surface area (Å²) in [6, 6.07) is 1.39. The maximum atomic E-state index is 12.8. The van der Waals surface area contributed by atoms with Crippen molar-refractivity contribution in [3.8, 4) is 0 Å². The predicted octanol–water partition coefficient (Wildman–Crippen LogP) is 6.13. The quantitative estimate of drug-likeness (QED) is 0.178. The Bertz CT molecular complexity index is 736. The molecule has 0 aliphatic carbocycles. The zero-order valence-electron chi connectivity index (χ0n) is 16.7. The van der Waals surface area contributed by atoms with E-state index in [1.165, 1.54) is 6.08 Å². The molecule has 1 rings (SSSR count). The molecule has 3 nitrogen and oxygen atoms in total. The molecule has 1 aromatic carbocycles. The summed E-state index contributed by atoms with van der Waals surface area (Å²) in [4.78, 5) is 10.7. The first kappa shape index (κ1) is 26.7. The standard InChI is InChI=1S/C21H24F7NO2/c22-13-15(11-19(29)30)7-5-3-1-2-4-6-8-31-14-16-9-17(20(23,24)25)12-18(10-16)21(26,27)28/h5,7,9-12H,1-4,6,8,13-14H2,(H2,29,30). The van der Waals surface area contributed by atoms with Crippen LogP contribution in [0.5, 0.6) is 0 Å². The van der Waals surface area contributed by atoms with Crippen molar-refractivity contribution in [2.75, 3.05) is 13.3 Å². The Morgan fingerprint density at radius 2 is 1.52 bits per heavy atom. The molecular formula is C21H24F7NO2. The first-order valence-electron chi connectivity index (χ1n) is 9.52. The Labute approximate surface area is 175 Å². The largest absolute Gasteiger partial charge is 0.416 e. The number of amides is 1. The third-order valence-corrected chi connectivity index (χ3v) is 4.14. The molecule has 0 aromatic heterocycles. The highest BCUT2D eigenvalue weighted by atomic mass is 19.4. The highest BCUT2D eigenvalue weighted by molar-refractivity contribution is 5.87. The number of ether oxygens (including phenoxy) is 1. The van der Waals surface area contributed by atoms with Gasteiger partial charge >= 0.3 is 12.4 Å². The molecule has 10 heteroatoms. The highest BCUT2D eigenvalue weighted by Crippen LogP contribution is 2.36. The molecule has 0 bridgehead atoms. The minimum Gasteiger partial charge on any atom is -0.377 e. The van der Waals surface area contributed by atoms with Gasteiger partial charge in [0.2, 0.25) is 5.91 Å². The molecular weight excluding hydrogens is 431 g/mol. The minimum absolute atomic E-state index is 0.0815. The summed E-state index contributed by atoms with van der Waals surface area (Å²) in [6.45, 7) is -0.956. The fraction of sp³-hybridized carbons (Fsp3) is 0.476. The van der Waals surface area contributed by atoms with Gasteiger partial charge in [-0.25, -0.2) is 4.39 Å². The van der Waals surface area contributed by atoms with Crippen LogP contribution in [0.1, 0.15) is 48.8 Å². The van der Waals surface area contributed by atoms with Gasteiger partial charge in [-0.05, 0) is 48.6 Å². The van der Waals surface area contributed by atoms with E-state index in [4.69, 9.17) is 10.5 Å². The van der Waals surface area contributed by atoms with E-state index >= 15 is 0 Å². The van der Waals surface area contributed by atoms with Gasteiger partial charge in [-0.15, -0.1) is 0 Å². The van der Waals surface area contributed by atoms with Crippen LogP contribution in [0.2, 0.25) is 0 Å². The average molecular weight is 455 g/mol. The lowest BCUT2D eigenvalue weighted by atomic mass is 10.1. The van der Waals surface area contributed by atoms with Crippen molar-refractivity contribution in [1.82, 2.24) is 0 Å². The second-order valence-corrected chi connectivity index (χ2v) is 6.83. The maximum Gasteiger partial charge on any atom is 0.416 e. The molecule has 0 aliphatic heterocycles. The first-order valence-corrected chi connectivity index (χ1v) is 9.52. The topological polar surface area (TPSA) is 52.3 Å². The number of halogens is 7. The third-order valence-electron chi connectivity index (χ3n) is 4.14. The predicted molar refractivity (Wildman–Crippen MR) is 102 cm³/mol. The molecule has 1 aromatic rings. The number of allylic oxidation sites excluding steroid dienone is 3. The van der Waals surface area contributed by atoms with Crippen molar-refractivity contribution in [3.05, 3.63) is 58.7 Å². The number of benzene rings is 1. The molecule has 0 radical (unpaired) electrons. The molecule has 174 valence electrons. The second kappa shape index (κ2) is 12.5. The van der Waals surface area contributed by atoms with Crippen LogP contribution in [0.15, 0.2) is 42.0 Å². The summed E-state index contributed by atoms with van der Waals surface area (Å²) in [7, 11) is 0. The summed E-state index contributed by atoms with van der Waals surface area (Å²) in [5, 5.41) is 0. The zero-order valence-corrected chi connectivity index (χ0v) is 16.7. The minimum atomic E-state index is -4.88. The monoisotopic (exact) mass is 455 g/mol. The van der Waals surface area contributed by atoms with E-state index in [-0.39, 0.29) is 30.4 Å². The number of rotatable bonds is 12. The molecule has 0 saturated heterocycles. The smallest absolute Gasteiger partial charge is 0.377 e. The SMILES string of the molecule is NC(=O)C=C(C=CCCCCCCOCc1cc(C(F)(F)F)cc(C(F)(F)F)c1)CF. The Kier molecular flexibility index (Phi) is 10.7. The van der Waals surface area contributed by atoms with Crippen LogP contribution in [-0.4, -0.2) is 19.2 Å². The molecule has 0 fully saturated rings. The van der Waals surface area contributed by atoms with Crippen LogP contribution in [0.25, 0.3) is 0 Å². The van der Waals surface area contributed by atoms with Crippen molar-refractivity contribution in [2.45, 2.75) is 51.1 Å². The zero-order chi connectivity index (χ0) is 23.5. The van der Waals surface area contributed by atoms with E-state index in [1.54, 1.807) is 6.08 Å². The second-order valence-electron chi connectivity index (χ2n) is 6.83. The van der Waals surface area contributed by atoms with Crippen LogP contribution in [0.3, 0.4) is 0 Å². The number of carbonyl (C=O) groups excluding carboxylic acids is 1. The van der Waals surface area contributed by atoms with Crippen molar-refractivity contribution >= 4 is 5.91 Å². The molecule has 1 amide bonds. The number of nitrogens with two attached hydrogens (primary N) is 1. The van der Waals surface area contributed by atoms with E-state index in [2.05, 4.69) is 0 Å². The van der Waals surface area contributed by atoms with Gasteiger partial charge < -0.3 is 10.5 Å². The van der Waals surface area contributed by atoms with Gasteiger partial charge in [0.15, 0.2) is 0 Å².